The van der Waals surface area contributed by atoms with Gasteiger partial charge in [-0.25, -0.2) is 4.79 Å². The van der Waals surface area contributed by atoms with E-state index in [0.29, 0.717) is 18.0 Å². The Morgan fingerprint density at radius 2 is 1.94 bits per heavy atom. The van der Waals surface area contributed by atoms with Crippen LogP contribution in [0.25, 0.3) is 11.3 Å². The van der Waals surface area contributed by atoms with Gasteiger partial charge in [0.05, 0.1) is 30.1 Å². The third kappa shape index (κ3) is 6.13. The number of hydrogen-bond acceptors (Lipinski definition) is 4. The summed E-state index contributed by atoms with van der Waals surface area (Å²) in [4.78, 5) is 12.6. The van der Waals surface area contributed by atoms with Crippen molar-refractivity contribution < 1.29 is 32.2 Å². The van der Waals surface area contributed by atoms with Crippen LogP contribution in [0.15, 0.2) is 24.3 Å². The quantitative estimate of drug-likeness (QED) is 0.482. The number of rotatable bonds is 5. The summed E-state index contributed by atoms with van der Waals surface area (Å²) in [7, 11) is 0. The van der Waals surface area contributed by atoms with Gasteiger partial charge >= 0.3 is 12.3 Å². The molecule has 2 fully saturated rings. The van der Waals surface area contributed by atoms with E-state index in [1.54, 1.807) is 31.4 Å². The van der Waals surface area contributed by atoms with Crippen LogP contribution in [-0.4, -0.2) is 35.2 Å². The highest BCUT2D eigenvalue weighted by Crippen LogP contribution is 2.39. The van der Waals surface area contributed by atoms with Crippen molar-refractivity contribution in [1.82, 2.24) is 9.88 Å². The van der Waals surface area contributed by atoms with Crippen LogP contribution in [0.3, 0.4) is 0 Å². The summed E-state index contributed by atoms with van der Waals surface area (Å²) in [6.45, 7) is 5.94. The number of benzene rings is 1. The minimum atomic E-state index is -4.53. The summed E-state index contributed by atoms with van der Waals surface area (Å²) in [6.07, 6.45) is -0.401. The highest BCUT2D eigenvalue weighted by Gasteiger charge is 2.35. The van der Waals surface area contributed by atoms with Gasteiger partial charge in [-0.2, -0.15) is 13.2 Å². The molecule has 1 aliphatic carbocycles. The molecule has 2 aromatic rings. The molecular weight excluding hydrogens is 485 g/mol. The zero-order chi connectivity index (χ0) is 25.4. The van der Waals surface area contributed by atoms with Crippen molar-refractivity contribution in [3.63, 3.8) is 0 Å². The third-order valence-electron chi connectivity index (χ3n) is 6.47. The van der Waals surface area contributed by atoms with E-state index in [1.165, 1.54) is 6.07 Å². The fourth-order valence-electron chi connectivity index (χ4n) is 4.68. The Hall–Kier alpha value is -2.23. The van der Waals surface area contributed by atoms with Gasteiger partial charge in [0.25, 0.3) is 0 Å². The molecule has 0 bridgehead atoms. The number of halogens is 4. The molecule has 2 aliphatic rings. The van der Waals surface area contributed by atoms with E-state index in [9.17, 15) is 18.0 Å². The summed E-state index contributed by atoms with van der Waals surface area (Å²) in [5.74, 6) is -0.515. The normalized spacial score (nSPS) is 20.7. The summed E-state index contributed by atoms with van der Waals surface area (Å²) in [6, 6.07) is 4.79. The molecule has 1 aromatic carbocycles. The van der Waals surface area contributed by atoms with Crippen molar-refractivity contribution in [2.24, 2.45) is 0 Å². The van der Waals surface area contributed by atoms with E-state index < -0.39 is 23.6 Å². The molecule has 1 saturated heterocycles. The van der Waals surface area contributed by atoms with Crippen LogP contribution in [0.2, 0.25) is 5.02 Å². The zero-order valence-electron chi connectivity index (χ0n) is 20.0. The molecule has 35 heavy (non-hydrogen) atoms. The maximum atomic E-state index is 13.4. The van der Waals surface area contributed by atoms with Crippen LogP contribution in [0, 0.1) is 6.92 Å². The molecule has 2 heterocycles. The van der Waals surface area contributed by atoms with E-state index in [1.807, 2.05) is 0 Å². The van der Waals surface area contributed by atoms with E-state index in [0.717, 1.165) is 44.2 Å². The van der Waals surface area contributed by atoms with Gasteiger partial charge in [0.2, 0.25) is 0 Å². The van der Waals surface area contributed by atoms with Crippen molar-refractivity contribution in [2.75, 3.05) is 6.61 Å². The maximum absolute atomic E-state index is 13.4. The first-order chi connectivity index (χ1) is 16.4. The number of nitrogens with one attached hydrogen (secondary N) is 1. The predicted molar refractivity (Wildman–Crippen MR) is 126 cm³/mol. The summed E-state index contributed by atoms with van der Waals surface area (Å²) >= 11 is 6.35. The standard InChI is InChI=1S/C25H30ClF3N2O4/c1-15-22(34-23(32)30-17-7-5-4-6-8-17)12-21(31(15)13-18-14-33-24(2,3)35-18)19-11-16(25(27,28)29)9-10-20(19)26/h9-12,17-18H,4-8,13-14H2,1-3H3,(H,30,32). The van der Waals surface area contributed by atoms with Gasteiger partial charge < -0.3 is 24.1 Å². The van der Waals surface area contributed by atoms with Crippen molar-refractivity contribution in [3.8, 4) is 17.0 Å². The SMILES string of the molecule is Cc1c(OC(=O)NC2CCCCC2)cc(-c2cc(C(F)(F)F)ccc2Cl)n1CC1COC(C)(C)O1. The van der Waals surface area contributed by atoms with Crippen molar-refractivity contribution in [1.29, 1.82) is 0 Å². The van der Waals surface area contributed by atoms with E-state index in [-0.39, 0.29) is 35.0 Å². The van der Waals surface area contributed by atoms with Gasteiger partial charge in [-0.05, 0) is 51.8 Å². The molecule has 0 spiro atoms. The Balaban J connectivity index is 1.67. The number of carbonyl (C=O) groups is 1. The number of aromatic nitrogens is 1. The van der Waals surface area contributed by atoms with E-state index >= 15 is 0 Å². The Morgan fingerprint density at radius 1 is 1.23 bits per heavy atom. The Morgan fingerprint density at radius 3 is 2.57 bits per heavy atom. The lowest BCUT2D eigenvalue weighted by molar-refractivity contribution is -0.139. The van der Waals surface area contributed by atoms with Crippen molar-refractivity contribution in [2.45, 2.75) is 83.5 Å². The fraction of sp³-hybridized carbons (Fsp3) is 0.560. The second kappa shape index (κ2) is 10.0. The third-order valence-corrected chi connectivity index (χ3v) is 6.80. The number of ether oxygens (including phenoxy) is 3. The van der Waals surface area contributed by atoms with Crippen LogP contribution in [0.5, 0.6) is 5.75 Å². The molecule has 6 nitrogen and oxygen atoms in total. The van der Waals surface area contributed by atoms with Gasteiger partial charge in [0.15, 0.2) is 11.5 Å². The number of amides is 1. The molecule has 1 amide bonds. The first kappa shape index (κ1) is 25.9. The van der Waals surface area contributed by atoms with Gasteiger partial charge in [-0.3, -0.25) is 0 Å². The molecule has 1 aromatic heterocycles. The highest BCUT2D eigenvalue weighted by molar-refractivity contribution is 6.33. The Bertz CT molecular complexity index is 1080. The van der Waals surface area contributed by atoms with Gasteiger partial charge in [0.1, 0.15) is 6.10 Å². The second-order valence-corrected chi connectivity index (χ2v) is 10.0. The second-order valence-electron chi connectivity index (χ2n) is 9.60. The minimum absolute atomic E-state index is 0.0577. The van der Waals surface area contributed by atoms with Gasteiger partial charge in [0, 0.05) is 22.7 Å². The van der Waals surface area contributed by atoms with Crippen LogP contribution in [-0.2, 0) is 22.2 Å². The lowest BCUT2D eigenvalue weighted by Gasteiger charge is -2.22. The molecule has 1 N–H and O–H groups in total. The molecule has 1 unspecified atom stereocenters. The lowest BCUT2D eigenvalue weighted by atomic mass is 9.96. The van der Waals surface area contributed by atoms with Gasteiger partial charge in [-0.15, -0.1) is 0 Å². The monoisotopic (exact) mass is 514 g/mol. The molecule has 1 saturated carbocycles. The van der Waals surface area contributed by atoms with Crippen molar-refractivity contribution in [3.05, 3.63) is 40.5 Å². The smallest absolute Gasteiger partial charge is 0.408 e. The molecular formula is C25H30ClF3N2O4. The largest absolute Gasteiger partial charge is 0.416 e. The summed E-state index contributed by atoms with van der Waals surface area (Å²) in [5, 5.41) is 3.05. The predicted octanol–water partition coefficient (Wildman–Crippen LogP) is 6.71. The Labute approximate surface area is 207 Å². The number of nitrogens with zero attached hydrogens (tertiary/aromatic N) is 1. The van der Waals surface area contributed by atoms with E-state index in [4.69, 9.17) is 25.8 Å². The fourth-order valence-corrected chi connectivity index (χ4v) is 4.89. The van der Waals surface area contributed by atoms with Gasteiger partial charge in [-0.1, -0.05) is 30.9 Å². The average Bonchev–Trinajstić information content (AvgIpc) is 3.27. The summed E-state index contributed by atoms with van der Waals surface area (Å²) in [5.41, 5.74) is 0.333. The number of carbonyl (C=O) groups excluding carboxylic acids is 1. The topological polar surface area (TPSA) is 61.7 Å². The molecule has 192 valence electrons. The van der Waals surface area contributed by atoms with Crippen LogP contribution in [0.1, 0.15) is 57.2 Å². The van der Waals surface area contributed by atoms with Crippen LogP contribution < -0.4 is 10.1 Å². The molecule has 1 atom stereocenters. The average molecular weight is 515 g/mol. The first-order valence-corrected chi connectivity index (χ1v) is 12.2. The minimum Gasteiger partial charge on any atom is -0.408 e. The van der Waals surface area contributed by atoms with Crippen molar-refractivity contribution >= 4 is 17.7 Å². The molecule has 0 radical (unpaired) electrons. The number of hydrogen-bond donors (Lipinski definition) is 1. The first-order valence-electron chi connectivity index (χ1n) is 11.8. The lowest BCUT2D eigenvalue weighted by Crippen LogP contribution is -2.38. The number of alkyl halides is 3. The van der Waals surface area contributed by atoms with E-state index in [2.05, 4.69) is 5.32 Å². The molecule has 1 aliphatic heterocycles. The Kier molecular flexibility index (Phi) is 7.41. The van der Waals surface area contributed by atoms with Crippen LogP contribution in [0.4, 0.5) is 18.0 Å². The summed E-state index contributed by atoms with van der Waals surface area (Å²) < 4.78 is 59.3. The molecule has 4 rings (SSSR count). The maximum Gasteiger partial charge on any atom is 0.416 e. The highest BCUT2D eigenvalue weighted by atomic mass is 35.5. The zero-order valence-corrected chi connectivity index (χ0v) is 20.8. The van der Waals surface area contributed by atoms with Crippen LogP contribution >= 0.6 is 11.6 Å². The molecule has 10 heteroatoms.